The third-order valence-electron chi connectivity index (χ3n) is 6.71. The molecule has 2 aliphatic heterocycles. The maximum Gasteiger partial charge on any atom is 0.273 e. The second-order valence-corrected chi connectivity index (χ2v) is 11.1. The molecule has 4 N–H and O–H groups in total. The summed E-state index contributed by atoms with van der Waals surface area (Å²) in [7, 11) is -3.80. The minimum Gasteiger partial charge on any atom is -0.378 e. The van der Waals surface area contributed by atoms with Gasteiger partial charge in [-0.1, -0.05) is 18.2 Å². The molecule has 2 saturated heterocycles. The molecule has 14 heteroatoms. The summed E-state index contributed by atoms with van der Waals surface area (Å²) in [5, 5.41) is 11.1. The first-order valence-electron chi connectivity index (χ1n) is 12.9. The first-order valence-corrected chi connectivity index (χ1v) is 14.4. The van der Waals surface area contributed by atoms with Gasteiger partial charge in [-0.2, -0.15) is 9.71 Å². The van der Waals surface area contributed by atoms with E-state index in [4.69, 9.17) is 10.5 Å². The van der Waals surface area contributed by atoms with Gasteiger partial charge in [-0.3, -0.25) is 9.59 Å². The average molecular weight is 567 g/mol. The number of aromatic nitrogens is 3. The van der Waals surface area contributed by atoms with E-state index in [-0.39, 0.29) is 28.3 Å². The normalized spacial score (nSPS) is 17.9. The zero-order valence-electron chi connectivity index (χ0n) is 21.7. The van der Waals surface area contributed by atoms with Crippen LogP contribution in [-0.2, 0) is 14.8 Å². The van der Waals surface area contributed by atoms with Gasteiger partial charge in [-0.25, -0.2) is 8.42 Å². The number of amides is 2. The Balaban J connectivity index is 1.37. The van der Waals surface area contributed by atoms with Gasteiger partial charge in [-0.05, 0) is 55.7 Å². The number of primary amides is 1. The number of piperidine rings is 1. The number of ether oxygens (including phenoxy) is 1. The molecule has 40 heavy (non-hydrogen) atoms. The molecule has 1 atom stereocenters. The standard InChI is InChI=1S/C26H30N8O5S/c27-23(35)22-24(28-19-11-9-18(10-12-19)25(36)33-14-16-39-17-15-33)29-26(31-30-22)34-13-5-4-8-21(34)32-40(37,38)20-6-2-1-3-7-20/h1-3,6-7,9-12,21,32H,4-5,8,13-17H2,(H2,27,35)(H,28,29,31). The molecule has 2 aromatic carbocycles. The van der Waals surface area contributed by atoms with Crippen LogP contribution in [0.2, 0.25) is 0 Å². The zero-order valence-corrected chi connectivity index (χ0v) is 22.5. The molecule has 5 rings (SSSR count). The van der Waals surface area contributed by atoms with Gasteiger partial charge in [0.15, 0.2) is 11.5 Å². The minimum absolute atomic E-state index is 0.0694. The van der Waals surface area contributed by atoms with Crippen LogP contribution in [0, 0.1) is 0 Å². The molecule has 210 valence electrons. The van der Waals surface area contributed by atoms with Crippen molar-refractivity contribution >= 4 is 39.3 Å². The molecule has 13 nitrogen and oxygen atoms in total. The van der Waals surface area contributed by atoms with E-state index in [0.29, 0.717) is 50.5 Å². The summed E-state index contributed by atoms with van der Waals surface area (Å²) < 4.78 is 34.1. The van der Waals surface area contributed by atoms with Gasteiger partial charge in [0.25, 0.3) is 11.8 Å². The lowest BCUT2D eigenvalue weighted by Crippen LogP contribution is -2.51. The number of nitrogens with two attached hydrogens (primary N) is 1. The second-order valence-electron chi connectivity index (χ2n) is 9.42. The average Bonchev–Trinajstić information content (AvgIpc) is 2.98. The van der Waals surface area contributed by atoms with Crippen molar-refractivity contribution in [1.29, 1.82) is 0 Å². The van der Waals surface area contributed by atoms with Crippen LogP contribution in [0.1, 0.15) is 40.1 Å². The molecule has 2 amide bonds. The highest BCUT2D eigenvalue weighted by atomic mass is 32.2. The van der Waals surface area contributed by atoms with Gasteiger partial charge in [0.05, 0.1) is 24.3 Å². The molecule has 2 aliphatic rings. The molecule has 1 unspecified atom stereocenters. The first kappa shape index (κ1) is 27.4. The smallest absolute Gasteiger partial charge is 0.273 e. The van der Waals surface area contributed by atoms with Crippen LogP contribution in [-0.4, -0.2) is 79.3 Å². The third kappa shape index (κ3) is 6.19. The number of anilines is 3. The number of hydrogen-bond acceptors (Lipinski definition) is 10. The molecule has 0 bridgehead atoms. The van der Waals surface area contributed by atoms with Crippen molar-refractivity contribution in [3.63, 3.8) is 0 Å². The van der Waals surface area contributed by atoms with Crippen LogP contribution in [0.25, 0.3) is 0 Å². The van der Waals surface area contributed by atoms with Gasteiger partial charge in [0.1, 0.15) is 0 Å². The van der Waals surface area contributed by atoms with Crippen LogP contribution in [0.15, 0.2) is 59.5 Å². The Morgan fingerprint density at radius 1 is 0.950 bits per heavy atom. The van der Waals surface area contributed by atoms with Crippen LogP contribution >= 0.6 is 0 Å². The van der Waals surface area contributed by atoms with E-state index in [9.17, 15) is 18.0 Å². The molecule has 2 fully saturated rings. The monoisotopic (exact) mass is 566 g/mol. The van der Waals surface area contributed by atoms with E-state index in [1.54, 1.807) is 52.3 Å². The Bertz CT molecular complexity index is 1460. The maximum absolute atomic E-state index is 13.0. The van der Waals surface area contributed by atoms with Gasteiger partial charge in [0, 0.05) is 30.9 Å². The lowest BCUT2D eigenvalue weighted by molar-refractivity contribution is 0.0303. The Hall–Kier alpha value is -4.14. The lowest BCUT2D eigenvalue weighted by atomic mass is 10.1. The highest BCUT2D eigenvalue weighted by Crippen LogP contribution is 2.25. The molecular weight excluding hydrogens is 536 g/mol. The highest BCUT2D eigenvalue weighted by Gasteiger charge is 2.30. The predicted molar refractivity (Wildman–Crippen MR) is 147 cm³/mol. The summed E-state index contributed by atoms with van der Waals surface area (Å²) in [5.74, 6) is -0.701. The molecule has 0 saturated carbocycles. The molecule has 0 radical (unpaired) electrons. The van der Waals surface area contributed by atoms with Crippen molar-refractivity contribution in [3.8, 4) is 0 Å². The molecule has 3 heterocycles. The number of benzene rings is 2. The Kier molecular flexibility index (Phi) is 8.19. The van der Waals surface area contributed by atoms with Crippen molar-refractivity contribution < 1.29 is 22.7 Å². The maximum atomic E-state index is 13.0. The number of hydrogen-bond donors (Lipinski definition) is 3. The fourth-order valence-electron chi connectivity index (χ4n) is 4.61. The van der Waals surface area contributed by atoms with E-state index in [1.807, 2.05) is 0 Å². The van der Waals surface area contributed by atoms with Gasteiger partial charge >= 0.3 is 0 Å². The zero-order chi connectivity index (χ0) is 28.1. The van der Waals surface area contributed by atoms with Crippen molar-refractivity contribution in [3.05, 3.63) is 65.9 Å². The highest BCUT2D eigenvalue weighted by molar-refractivity contribution is 7.89. The van der Waals surface area contributed by atoms with E-state index in [0.717, 1.165) is 12.8 Å². The van der Waals surface area contributed by atoms with E-state index in [1.165, 1.54) is 12.1 Å². The van der Waals surface area contributed by atoms with Crippen LogP contribution < -0.4 is 20.7 Å². The van der Waals surface area contributed by atoms with Crippen molar-refractivity contribution in [2.24, 2.45) is 5.73 Å². The number of morpholine rings is 1. The van der Waals surface area contributed by atoms with E-state index in [2.05, 4.69) is 25.2 Å². The summed E-state index contributed by atoms with van der Waals surface area (Å²) in [4.78, 5) is 33.0. The van der Waals surface area contributed by atoms with E-state index < -0.39 is 22.1 Å². The number of carbonyl (C=O) groups excluding carboxylic acids is 2. The van der Waals surface area contributed by atoms with E-state index >= 15 is 0 Å². The quantitative estimate of drug-likeness (QED) is 0.362. The van der Waals surface area contributed by atoms with Gasteiger partial charge in [0.2, 0.25) is 16.0 Å². The summed E-state index contributed by atoms with van der Waals surface area (Å²) in [5.41, 5.74) is 6.43. The number of carbonyl (C=O) groups is 2. The second kappa shape index (κ2) is 11.9. The largest absolute Gasteiger partial charge is 0.378 e. The summed E-state index contributed by atoms with van der Waals surface area (Å²) in [6.45, 7) is 2.58. The number of rotatable bonds is 8. The fourth-order valence-corrected chi connectivity index (χ4v) is 5.87. The lowest BCUT2D eigenvalue weighted by Gasteiger charge is -2.35. The van der Waals surface area contributed by atoms with Crippen molar-refractivity contribution in [2.45, 2.75) is 30.3 Å². The number of nitrogens with zero attached hydrogens (tertiary/aromatic N) is 5. The third-order valence-corrected chi connectivity index (χ3v) is 8.18. The molecule has 0 spiro atoms. The Morgan fingerprint density at radius 3 is 2.38 bits per heavy atom. The van der Waals surface area contributed by atoms with Crippen LogP contribution in [0.3, 0.4) is 0 Å². The van der Waals surface area contributed by atoms with Crippen LogP contribution in [0.5, 0.6) is 0 Å². The summed E-state index contributed by atoms with van der Waals surface area (Å²) >= 11 is 0. The van der Waals surface area contributed by atoms with Crippen molar-refractivity contribution in [1.82, 2.24) is 24.8 Å². The Labute approximate surface area is 231 Å². The first-order chi connectivity index (χ1) is 19.3. The molecule has 1 aromatic heterocycles. The van der Waals surface area contributed by atoms with Gasteiger partial charge in [-0.15, -0.1) is 10.2 Å². The number of nitrogens with one attached hydrogen (secondary N) is 2. The fraction of sp³-hybridized carbons (Fsp3) is 0.346. The number of sulfonamides is 1. The summed E-state index contributed by atoms with van der Waals surface area (Å²) in [6.07, 6.45) is 1.53. The van der Waals surface area contributed by atoms with Gasteiger partial charge < -0.3 is 25.6 Å². The van der Waals surface area contributed by atoms with Crippen LogP contribution in [0.4, 0.5) is 17.5 Å². The Morgan fingerprint density at radius 2 is 1.68 bits per heavy atom. The minimum atomic E-state index is -3.80. The molecule has 3 aromatic rings. The van der Waals surface area contributed by atoms with Crippen molar-refractivity contribution in [2.75, 3.05) is 43.1 Å². The SMILES string of the molecule is NC(=O)c1nnc(N2CCCCC2NS(=O)(=O)c2ccccc2)nc1Nc1ccc(C(=O)N2CCOCC2)cc1. The topological polar surface area (TPSA) is 173 Å². The molecule has 0 aliphatic carbocycles. The predicted octanol–water partition coefficient (Wildman–Crippen LogP) is 1.48. The summed E-state index contributed by atoms with van der Waals surface area (Å²) in [6, 6.07) is 14.9. The molecular formula is C26H30N8O5S.